The van der Waals surface area contributed by atoms with Crippen molar-refractivity contribution in [3.63, 3.8) is 0 Å². The maximum Gasteiger partial charge on any atom is 0.343 e. The Labute approximate surface area is 219 Å². The van der Waals surface area contributed by atoms with Crippen LogP contribution in [0.25, 0.3) is 0 Å². The molecule has 0 saturated heterocycles. The van der Waals surface area contributed by atoms with Crippen LogP contribution in [-0.2, 0) is 9.53 Å². The number of benzene rings is 2. The summed E-state index contributed by atoms with van der Waals surface area (Å²) in [6.07, 6.45) is 10.2. The van der Waals surface area contributed by atoms with Gasteiger partial charge in [-0.2, -0.15) is 0 Å². The van der Waals surface area contributed by atoms with Gasteiger partial charge >= 0.3 is 17.9 Å². The van der Waals surface area contributed by atoms with Gasteiger partial charge in [-0.3, -0.25) is 4.79 Å². The molecule has 37 heavy (non-hydrogen) atoms. The largest absolute Gasteiger partial charge is 0.459 e. The Morgan fingerprint density at radius 3 is 2.03 bits per heavy atom. The highest BCUT2D eigenvalue weighted by molar-refractivity contribution is 5.92. The zero-order chi connectivity index (χ0) is 27.0. The van der Waals surface area contributed by atoms with Gasteiger partial charge in [-0.1, -0.05) is 58.8 Å². The highest BCUT2D eigenvalue weighted by atomic mass is 19.1. The van der Waals surface area contributed by atoms with E-state index in [4.69, 9.17) is 14.2 Å². The molecule has 0 bridgehead atoms. The van der Waals surface area contributed by atoms with Crippen LogP contribution in [-0.4, -0.2) is 24.0 Å². The van der Waals surface area contributed by atoms with Gasteiger partial charge in [0.15, 0.2) is 0 Å². The molecule has 202 valence electrons. The second-order valence-corrected chi connectivity index (χ2v) is 9.26. The smallest absolute Gasteiger partial charge is 0.343 e. The minimum absolute atomic E-state index is 0.0368. The van der Waals surface area contributed by atoms with Crippen molar-refractivity contribution >= 4 is 17.9 Å². The lowest BCUT2D eigenvalue weighted by atomic mass is 10.1. The average molecular weight is 515 g/mol. The van der Waals surface area contributed by atoms with E-state index in [0.29, 0.717) is 12.2 Å². The molecule has 2 aromatic carbocycles. The van der Waals surface area contributed by atoms with E-state index in [9.17, 15) is 18.8 Å². The normalized spacial score (nSPS) is 11.6. The first-order valence-electron chi connectivity index (χ1n) is 13.4. The second kappa shape index (κ2) is 16.5. The topological polar surface area (TPSA) is 78.9 Å². The summed E-state index contributed by atoms with van der Waals surface area (Å²) in [5, 5.41) is 0. The molecular formula is C30H39FO6. The van der Waals surface area contributed by atoms with Crippen molar-refractivity contribution in [3.05, 3.63) is 59.4 Å². The van der Waals surface area contributed by atoms with E-state index >= 15 is 0 Å². The monoisotopic (exact) mass is 514 g/mol. The van der Waals surface area contributed by atoms with Crippen molar-refractivity contribution in [3.8, 4) is 11.5 Å². The lowest BCUT2D eigenvalue weighted by Crippen LogP contribution is -2.16. The van der Waals surface area contributed by atoms with Crippen LogP contribution < -0.4 is 9.47 Å². The highest BCUT2D eigenvalue weighted by Gasteiger charge is 2.18. The fourth-order valence-electron chi connectivity index (χ4n) is 3.77. The Morgan fingerprint density at radius 1 is 0.757 bits per heavy atom. The number of hydrogen-bond donors (Lipinski definition) is 0. The number of carbonyl (C=O) groups is 3. The maximum atomic E-state index is 14.5. The van der Waals surface area contributed by atoms with E-state index in [-0.39, 0.29) is 28.9 Å². The molecule has 7 heteroatoms. The van der Waals surface area contributed by atoms with Gasteiger partial charge in [-0.15, -0.1) is 0 Å². The first-order chi connectivity index (χ1) is 17.8. The number of carbonyl (C=O) groups excluding carboxylic acids is 3. The van der Waals surface area contributed by atoms with E-state index in [1.54, 1.807) is 6.92 Å². The summed E-state index contributed by atoms with van der Waals surface area (Å²) in [6.45, 7) is 6.05. The lowest BCUT2D eigenvalue weighted by molar-refractivity contribution is -0.134. The van der Waals surface area contributed by atoms with E-state index in [1.165, 1.54) is 36.4 Å². The molecule has 0 N–H and O–H groups in total. The Bertz CT molecular complexity index is 1000. The number of halogens is 1. The molecule has 0 radical (unpaired) electrons. The van der Waals surface area contributed by atoms with Crippen LogP contribution in [0.5, 0.6) is 11.5 Å². The summed E-state index contributed by atoms with van der Waals surface area (Å²) in [5.41, 5.74) is -0.00287. The van der Waals surface area contributed by atoms with E-state index in [0.717, 1.165) is 70.3 Å². The number of unbranched alkanes of at least 4 members (excludes halogenated alkanes) is 7. The fraction of sp³-hybridized carbons (Fsp3) is 0.500. The van der Waals surface area contributed by atoms with Gasteiger partial charge in [0.05, 0.1) is 17.2 Å². The van der Waals surface area contributed by atoms with Crippen molar-refractivity contribution < 1.29 is 33.0 Å². The zero-order valence-corrected chi connectivity index (χ0v) is 22.2. The van der Waals surface area contributed by atoms with Crippen LogP contribution in [0, 0.1) is 5.82 Å². The highest BCUT2D eigenvalue weighted by Crippen LogP contribution is 2.21. The molecule has 0 saturated carbocycles. The Morgan fingerprint density at radius 2 is 1.38 bits per heavy atom. The third-order valence-electron chi connectivity index (χ3n) is 5.95. The Kier molecular flexibility index (Phi) is 13.4. The number of esters is 3. The van der Waals surface area contributed by atoms with Crippen molar-refractivity contribution in [2.75, 3.05) is 0 Å². The van der Waals surface area contributed by atoms with E-state index in [1.807, 2.05) is 0 Å². The summed E-state index contributed by atoms with van der Waals surface area (Å²) >= 11 is 0. The number of hydrogen-bond acceptors (Lipinski definition) is 6. The summed E-state index contributed by atoms with van der Waals surface area (Å²) < 4.78 is 30.4. The minimum Gasteiger partial charge on any atom is -0.459 e. The molecule has 1 atom stereocenters. The van der Waals surface area contributed by atoms with Crippen molar-refractivity contribution in [2.45, 2.75) is 97.5 Å². The number of rotatable bonds is 16. The van der Waals surface area contributed by atoms with Gasteiger partial charge in [-0.05, 0) is 62.6 Å². The van der Waals surface area contributed by atoms with Gasteiger partial charge in [0.25, 0.3) is 0 Å². The minimum atomic E-state index is -0.828. The van der Waals surface area contributed by atoms with Gasteiger partial charge in [0.2, 0.25) is 0 Å². The maximum absolute atomic E-state index is 14.5. The molecule has 6 nitrogen and oxygen atoms in total. The molecular weight excluding hydrogens is 475 g/mol. The van der Waals surface area contributed by atoms with Crippen molar-refractivity contribution in [1.82, 2.24) is 0 Å². The van der Waals surface area contributed by atoms with Gasteiger partial charge in [0.1, 0.15) is 17.3 Å². The predicted octanol–water partition coefficient (Wildman–Crippen LogP) is 7.83. The third kappa shape index (κ3) is 11.1. The predicted molar refractivity (Wildman–Crippen MR) is 140 cm³/mol. The summed E-state index contributed by atoms with van der Waals surface area (Å²) in [4.78, 5) is 36.7. The van der Waals surface area contributed by atoms with Crippen LogP contribution in [0.3, 0.4) is 0 Å². The summed E-state index contributed by atoms with van der Waals surface area (Å²) in [7, 11) is 0. The van der Waals surface area contributed by atoms with Crippen LogP contribution in [0.1, 0.15) is 112 Å². The van der Waals surface area contributed by atoms with Crippen molar-refractivity contribution in [1.29, 1.82) is 0 Å². The molecule has 2 rings (SSSR count). The van der Waals surface area contributed by atoms with Crippen LogP contribution in [0.4, 0.5) is 4.39 Å². The van der Waals surface area contributed by atoms with Crippen molar-refractivity contribution in [2.24, 2.45) is 0 Å². The summed E-state index contributed by atoms with van der Waals surface area (Å²) in [6, 6.07) is 9.53. The van der Waals surface area contributed by atoms with Crippen LogP contribution >= 0.6 is 0 Å². The number of ether oxygens (including phenoxy) is 3. The molecule has 0 spiro atoms. The quantitative estimate of drug-likeness (QED) is 0.129. The fourth-order valence-corrected chi connectivity index (χ4v) is 3.77. The zero-order valence-electron chi connectivity index (χ0n) is 22.2. The van der Waals surface area contributed by atoms with Crippen LogP contribution in [0.2, 0.25) is 0 Å². The van der Waals surface area contributed by atoms with Gasteiger partial charge in [-0.25, -0.2) is 14.0 Å². The third-order valence-corrected chi connectivity index (χ3v) is 5.95. The first-order valence-corrected chi connectivity index (χ1v) is 13.4. The standard InChI is InChI=1S/C30H39FO6/c1-4-6-8-10-12-14-28(32)36-24-17-15-23(16-18-24)29(33)37-25-19-20-26(27(31)21-25)30(34)35-22(3)13-11-9-7-5-2/h15-22H,4-14H2,1-3H3. The molecule has 1 unspecified atom stereocenters. The SMILES string of the molecule is CCCCCCCC(=O)Oc1ccc(C(=O)Oc2ccc(C(=O)OC(C)CCCCCC)c(F)c2)cc1. The van der Waals surface area contributed by atoms with Gasteiger partial charge < -0.3 is 14.2 Å². The molecule has 0 amide bonds. The van der Waals surface area contributed by atoms with Crippen LogP contribution in [0.15, 0.2) is 42.5 Å². The van der Waals surface area contributed by atoms with Gasteiger partial charge in [0, 0.05) is 12.5 Å². The Balaban J connectivity index is 1.85. The molecule has 0 aliphatic carbocycles. The first kappa shape index (κ1) is 30.0. The molecule has 0 heterocycles. The molecule has 0 aromatic heterocycles. The average Bonchev–Trinajstić information content (AvgIpc) is 2.87. The molecule has 0 aliphatic heterocycles. The Hall–Kier alpha value is -3.22. The molecule has 0 aliphatic rings. The molecule has 0 fully saturated rings. The second-order valence-electron chi connectivity index (χ2n) is 9.26. The summed E-state index contributed by atoms with van der Waals surface area (Å²) in [5.74, 6) is -2.29. The van der Waals surface area contributed by atoms with E-state index in [2.05, 4.69) is 13.8 Å². The molecule has 2 aromatic rings. The van der Waals surface area contributed by atoms with E-state index < -0.39 is 17.8 Å². The lowest BCUT2D eigenvalue weighted by Gasteiger charge is -2.14.